The van der Waals surface area contributed by atoms with E-state index in [0.29, 0.717) is 40.4 Å². The molecule has 12 heteroatoms. The van der Waals surface area contributed by atoms with E-state index in [2.05, 4.69) is 23.9 Å². The highest BCUT2D eigenvalue weighted by Crippen LogP contribution is 2.32. The Labute approximate surface area is 321 Å². The molecule has 4 aromatic carbocycles. The number of hydrogen-bond donors (Lipinski definition) is 2. The number of aryl methyl sites for hydroxylation is 1. The van der Waals surface area contributed by atoms with Crippen molar-refractivity contribution in [3.8, 4) is 16.8 Å². The second-order valence-corrected chi connectivity index (χ2v) is 15.1. The van der Waals surface area contributed by atoms with Crippen LogP contribution >= 0.6 is 23.2 Å². The van der Waals surface area contributed by atoms with Crippen molar-refractivity contribution in [2.45, 2.75) is 70.6 Å². The summed E-state index contributed by atoms with van der Waals surface area (Å²) >= 11 is 12.9. The lowest BCUT2D eigenvalue weighted by molar-refractivity contribution is 0.0514. The number of rotatable bonds is 17. The minimum atomic E-state index is -4.27. The number of anilines is 1. The van der Waals surface area contributed by atoms with Crippen molar-refractivity contribution < 1.29 is 22.7 Å². The van der Waals surface area contributed by atoms with Crippen LogP contribution in [-0.2, 0) is 27.6 Å². The molecule has 1 amide bonds. The van der Waals surface area contributed by atoms with E-state index in [1.807, 2.05) is 36.4 Å². The molecule has 0 fully saturated rings. The van der Waals surface area contributed by atoms with Crippen LogP contribution in [0.2, 0.25) is 10.0 Å². The summed E-state index contributed by atoms with van der Waals surface area (Å²) in [6.07, 6.45) is 6.12. The summed E-state index contributed by atoms with van der Waals surface area (Å²) in [6, 6.07) is 25.8. The molecule has 0 radical (unpaired) electrons. The molecule has 53 heavy (non-hydrogen) atoms. The largest absolute Gasteiger partial charge is 0.461 e. The molecule has 2 N–H and O–H groups in total. The van der Waals surface area contributed by atoms with E-state index in [1.165, 1.54) is 18.2 Å². The van der Waals surface area contributed by atoms with Gasteiger partial charge in [0.05, 0.1) is 38.5 Å². The maximum absolute atomic E-state index is 13.7. The molecule has 0 aliphatic carbocycles. The van der Waals surface area contributed by atoms with Crippen LogP contribution in [0.4, 0.5) is 5.69 Å². The Kier molecular flexibility index (Phi) is 13.7. The predicted octanol–water partition coefficient (Wildman–Crippen LogP) is 9.68. The summed E-state index contributed by atoms with van der Waals surface area (Å²) in [6.45, 7) is 7.04. The quantitative estimate of drug-likeness (QED) is 0.0713. The van der Waals surface area contributed by atoms with Crippen molar-refractivity contribution in [3.05, 3.63) is 129 Å². The standard InChI is InChI=1S/C41H44Cl2N4O5S/c1-4-7-13-25-44-30-23-24-35(43)37(27-30)47-39(41(49)52-6-3)33(36(45-47)17-8-5-2)26-28-19-21-29(22-20-28)31-14-10-12-18-38(31)53(50,51)46-40(48)32-15-9-11-16-34(32)42/h9-12,14-16,18-24,27,44H,4-8,13,17,25-26H2,1-3H3,(H,46,48). The monoisotopic (exact) mass is 774 g/mol. The Hall–Kier alpha value is -4.64. The molecular formula is C41H44Cl2N4O5S. The first-order valence-corrected chi connectivity index (χ1v) is 20.1. The van der Waals surface area contributed by atoms with E-state index in [9.17, 15) is 18.0 Å². The van der Waals surface area contributed by atoms with Crippen LogP contribution in [0.5, 0.6) is 0 Å². The van der Waals surface area contributed by atoms with E-state index in [4.69, 9.17) is 33.0 Å². The van der Waals surface area contributed by atoms with E-state index in [0.717, 1.165) is 61.2 Å². The van der Waals surface area contributed by atoms with Gasteiger partial charge in [-0.3, -0.25) is 4.79 Å². The number of unbranched alkanes of at least 4 members (excludes halogenated alkanes) is 3. The van der Waals surface area contributed by atoms with Gasteiger partial charge in [0.15, 0.2) is 5.69 Å². The third-order valence-corrected chi connectivity index (χ3v) is 10.8. The van der Waals surface area contributed by atoms with Gasteiger partial charge in [0.2, 0.25) is 0 Å². The molecule has 0 aliphatic rings. The van der Waals surface area contributed by atoms with Gasteiger partial charge in [-0.05, 0) is 73.7 Å². The second-order valence-electron chi connectivity index (χ2n) is 12.6. The molecule has 0 atom stereocenters. The number of amides is 1. The molecule has 0 spiro atoms. The first-order valence-electron chi connectivity index (χ1n) is 17.9. The van der Waals surface area contributed by atoms with Gasteiger partial charge in [-0.1, -0.05) is 111 Å². The maximum Gasteiger partial charge on any atom is 0.357 e. The lowest BCUT2D eigenvalue weighted by Crippen LogP contribution is -2.31. The fourth-order valence-corrected chi connectivity index (χ4v) is 7.64. The molecule has 0 saturated carbocycles. The van der Waals surface area contributed by atoms with Crippen LogP contribution in [0.15, 0.2) is 95.9 Å². The highest BCUT2D eigenvalue weighted by Gasteiger charge is 2.27. The van der Waals surface area contributed by atoms with Crippen LogP contribution in [0, 0.1) is 0 Å². The zero-order chi connectivity index (χ0) is 38.0. The summed E-state index contributed by atoms with van der Waals surface area (Å²) in [4.78, 5) is 26.5. The molecule has 5 rings (SSSR count). The Morgan fingerprint density at radius 3 is 2.26 bits per heavy atom. The van der Waals surface area contributed by atoms with Crippen molar-refractivity contribution in [2.75, 3.05) is 18.5 Å². The SMILES string of the molecule is CCCCCNc1ccc(Cl)c(-n2nc(CCCC)c(Cc3ccc(-c4ccccc4S(=O)(=O)NC(=O)c4ccccc4Cl)cc3)c2C(=O)OCC)c1. The number of esters is 1. The lowest BCUT2D eigenvalue weighted by atomic mass is 9.97. The number of benzene rings is 4. The maximum atomic E-state index is 13.7. The number of sulfonamides is 1. The van der Waals surface area contributed by atoms with Crippen molar-refractivity contribution in [1.82, 2.24) is 14.5 Å². The number of ether oxygens (including phenoxy) is 1. The lowest BCUT2D eigenvalue weighted by Gasteiger charge is -2.14. The van der Waals surface area contributed by atoms with Gasteiger partial charge < -0.3 is 10.1 Å². The average Bonchev–Trinajstić information content (AvgIpc) is 3.50. The van der Waals surface area contributed by atoms with E-state index < -0.39 is 21.9 Å². The highest BCUT2D eigenvalue weighted by molar-refractivity contribution is 7.90. The molecule has 5 aromatic rings. The fourth-order valence-electron chi connectivity index (χ4n) is 6.03. The minimum Gasteiger partial charge on any atom is -0.461 e. The number of nitrogens with zero attached hydrogens (tertiary/aromatic N) is 2. The summed E-state index contributed by atoms with van der Waals surface area (Å²) < 4.78 is 36.4. The molecule has 0 saturated heterocycles. The average molecular weight is 776 g/mol. The third kappa shape index (κ3) is 9.67. The molecule has 0 unspecified atom stereocenters. The summed E-state index contributed by atoms with van der Waals surface area (Å²) in [5, 5.41) is 9.03. The van der Waals surface area contributed by atoms with Crippen LogP contribution < -0.4 is 10.0 Å². The number of aromatic nitrogens is 2. The number of hydrogen-bond acceptors (Lipinski definition) is 7. The number of carbonyl (C=O) groups is 2. The molecule has 1 heterocycles. The van der Waals surface area contributed by atoms with Crippen LogP contribution in [-0.4, -0.2) is 43.2 Å². The van der Waals surface area contributed by atoms with E-state index >= 15 is 0 Å². The highest BCUT2D eigenvalue weighted by atomic mass is 35.5. The summed E-state index contributed by atoms with van der Waals surface area (Å²) in [5.41, 5.74) is 5.27. The zero-order valence-electron chi connectivity index (χ0n) is 30.1. The van der Waals surface area contributed by atoms with Gasteiger partial charge in [-0.25, -0.2) is 22.6 Å². The summed E-state index contributed by atoms with van der Waals surface area (Å²) in [7, 11) is -4.27. The Balaban J connectivity index is 1.49. The van der Waals surface area contributed by atoms with Gasteiger partial charge in [-0.2, -0.15) is 5.10 Å². The smallest absolute Gasteiger partial charge is 0.357 e. The van der Waals surface area contributed by atoms with E-state index in [1.54, 1.807) is 48.0 Å². The van der Waals surface area contributed by atoms with Crippen LogP contribution in [0.25, 0.3) is 16.8 Å². The Morgan fingerprint density at radius 2 is 1.55 bits per heavy atom. The second kappa shape index (κ2) is 18.4. The fraction of sp³-hybridized carbons (Fsp3) is 0.293. The minimum absolute atomic E-state index is 0.0532. The number of carbonyl (C=O) groups excluding carboxylic acids is 2. The Bertz CT molecular complexity index is 2170. The zero-order valence-corrected chi connectivity index (χ0v) is 32.5. The van der Waals surface area contributed by atoms with Gasteiger partial charge in [0, 0.05) is 29.8 Å². The Morgan fingerprint density at radius 1 is 0.830 bits per heavy atom. The summed E-state index contributed by atoms with van der Waals surface area (Å²) in [5.74, 6) is -1.32. The van der Waals surface area contributed by atoms with Gasteiger partial charge in [-0.15, -0.1) is 0 Å². The topological polar surface area (TPSA) is 119 Å². The van der Waals surface area contributed by atoms with Crippen LogP contribution in [0.3, 0.4) is 0 Å². The number of halogens is 2. The predicted molar refractivity (Wildman–Crippen MR) is 212 cm³/mol. The van der Waals surface area contributed by atoms with Gasteiger partial charge in [0.1, 0.15) is 0 Å². The van der Waals surface area contributed by atoms with Crippen molar-refractivity contribution in [2.24, 2.45) is 0 Å². The normalized spacial score (nSPS) is 11.3. The molecule has 1 aromatic heterocycles. The number of nitrogens with one attached hydrogen (secondary N) is 2. The first kappa shape index (κ1) is 39.6. The van der Waals surface area contributed by atoms with Gasteiger partial charge >= 0.3 is 5.97 Å². The molecule has 0 aliphatic heterocycles. The first-order chi connectivity index (χ1) is 25.6. The van der Waals surface area contributed by atoms with E-state index in [-0.39, 0.29) is 22.1 Å². The molecular weight excluding hydrogens is 731 g/mol. The van der Waals surface area contributed by atoms with Crippen molar-refractivity contribution >= 4 is 50.8 Å². The third-order valence-electron chi connectivity index (χ3n) is 8.75. The van der Waals surface area contributed by atoms with Crippen LogP contribution in [0.1, 0.15) is 90.5 Å². The molecule has 278 valence electrons. The van der Waals surface area contributed by atoms with Gasteiger partial charge in [0.25, 0.3) is 15.9 Å². The van der Waals surface area contributed by atoms with Crippen molar-refractivity contribution in [1.29, 1.82) is 0 Å². The van der Waals surface area contributed by atoms with Crippen molar-refractivity contribution in [3.63, 3.8) is 0 Å². The molecule has 0 bridgehead atoms. The molecule has 9 nitrogen and oxygen atoms in total.